The van der Waals surface area contributed by atoms with E-state index in [-0.39, 0.29) is 11.4 Å². The molecule has 0 aromatic heterocycles. The van der Waals surface area contributed by atoms with Crippen molar-refractivity contribution in [2.75, 3.05) is 0 Å². The normalized spacial score (nSPS) is 13.9. The molecule has 0 atom stereocenters. The summed E-state index contributed by atoms with van der Waals surface area (Å²) < 4.78 is 5.74. The maximum Gasteiger partial charge on any atom is 0.312 e. The number of carbonyl (C=O) groups excluding carboxylic acids is 1. The Morgan fingerprint density at radius 1 is 1.00 bits per heavy atom. The highest BCUT2D eigenvalue weighted by Gasteiger charge is 2.36. The maximum absolute atomic E-state index is 12.3. The maximum atomic E-state index is 12.3. The van der Waals surface area contributed by atoms with E-state index in [1.165, 1.54) is 0 Å². The van der Waals surface area contributed by atoms with Crippen LogP contribution in [0.1, 0.15) is 75.2 Å². The van der Waals surface area contributed by atoms with Gasteiger partial charge in [-0.15, -0.1) is 0 Å². The number of carbonyl (C=O) groups is 1. The monoisotopic (exact) mass is 256 g/mol. The zero-order chi connectivity index (χ0) is 14.8. The van der Waals surface area contributed by atoms with Crippen LogP contribution in [0, 0.1) is 16.7 Å². The molecule has 0 aliphatic rings. The minimum atomic E-state index is -0.399. The van der Waals surface area contributed by atoms with Gasteiger partial charge < -0.3 is 4.74 Å². The number of esters is 1. The van der Waals surface area contributed by atoms with E-state index >= 15 is 0 Å². The number of hydrogen-bond acceptors (Lipinski definition) is 2. The Morgan fingerprint density at radius 2 is 1.44 bits per heavy atom. The van der Waals surface area contributed by atoms with Crippen LogP contribution in [0.4, 0.5) is 0 Å². The number of hydrogen-bond donors (Lipinski definition) is 0. The molecule has 0 rings (SSSR count). The Bertz CT molecular complexity index is 280. The van der Waals surface area contributed by atoms with Gasteiger partial charge in [0, 0.05) is 0 Å². The highest BCUT2D eigenvalue weighted by atomic mass is 16.6. The molecule has 0 N–H and O–H groups in total. The molecule has 0 heterocycles. The molecule has 0 radical (unpaired) electrons. The van der Waals surface area contributed by atoms with Crippen LogP contribution in [0.25, 0.3) is 0 Å². The fourth-order valence-electron chi connectivity index (χ4n) is 2.81. The van der Waals surface area contributed by atoms with Gasteiger partial charge in [-0.25, -0.2) is 0 Å². The molecule has 0 aromatic rings. The standard InChI is InChI=1S/C16H32O2/c1-12(2)10-15(6,7)13(17)18-16(8,9)11-14(3,4)5/h12H,10-11H2,1-9H3. The summed E-state index contributed by atoms with van der Waals surface area (Å²) >= 11 is 0. The third-order valence-electron chi connectivity index (χ3n) is 2.80. The lowest BCUT2D eigenvalue weighted by Gasteiger charge is -2.35. The van der Waals surface area contributed by atoms with Crippen LogP contribution in [-0.2, 0) is 9.53 Å². The van der Waals surface area contributed by atoms with Gasteiger partial charge in [-0.3, -0.25) is 4.79 Å². The Labute approximate surface area is 113 Å². The molecule has 0 saturated heterocycles. The minimum Gasteiger partial charge on any atom is -0.459 e. The largest absolute Gasteiger partial charge is 0.459 e. The quantitative estimate of drug-likeness (QED) is 0.659. The van der Waals surface area contributed by atoms with Gasteiger partial charge in [-0.05, 0) is 51.9 Å². The van der Waals surface area contributed by atoms with Gasteiger partial charge in [0.1, 0.15) is 5.60 Å². The van der Waals surface area contributed by atoms with E-state index in [0.717, 1.165) is 12.8 Å². The summed E-state index contributed by atoms with van der Waals surface area (Å²) in [5.41, 5.74) is -0.640. The fourth-order valence-corrected chi connectivity index (χ4v) is 2.81. The summed E-state index contributed by atoms with van der Waals surface area (Å²) in [6, 6.07) is 0. The number of ether oxygens (including phenoxy) is 1. The van der Waals surface area contributed by atoms with Gasteiger partial charge in [0.2, 0.25) is 0 Å². The van der Waals surface area contributed by atoms with Crippen molar-refractivity contribution >= 4 is 5.97 Å². The molecule has 0 fully saturated rings. The summed E-state index contributed by atoms with van der Waals surface area (Å²) in [7, 11) is 0. The first-order valence-electron chi connectivity index (χ1n) is 6.99. The third-order valence-corrected chi connectivity index (χ3v) is 2.80. The molecule has 0 bridgehead atoms. The van der Waals surface area contributed by atoms with Crippen molar-refractivity contribution in [3.05, 3.63) is 0 Å². The molecule has 2 nitrogen and oxygen atoms in total. The second-order valence-electron chi connectivity index (χ2n) is 8.37. The summed E-state index contributed by atoms with van der Waals surface area (Å²) in [6.07, 6.45) is 1.72. The van der Waals surface area contributed by atoms with Gasteiger partial charge in [0.25, 0.3) is 0 Å². The fraction of sp³-hybridized carbons (Fsp3) is 0.938. The molecule has 0 amide bonds. The molecule has 0 unspecified atom stereocenters. The molecule has 18 heavy (non-hydrogen) atoms. The van der Waals surface area contributed by atoms with Gasteiger partial charge in [-0.1, -0.05) is 34.6 Å². The summed E-state index contributed by atoms with van der Waals surface area (Å²) in [4.78, 5) is 12.3. The molecule has 0 aliphatic heterocycles. The van der Waals surface area contributed by atoms with E-state index in [4.69, 9.17) is 4.74 Å². The number of rotatable bonds is 5. The lowest BCUT2D eigenvalue weighted by atomic mass is 9.82. The van der Waals surface area contributed by atoms with E-state index in [9.17, 15) is 4.79 Å². The average Bonchev–Trinajstić information content (AvgIpc) is 1.93. The Morgan fingerprint density at radius 3 is 1.78 bits per heavy atom. The second-order valence-corrected chi connectivity index (χ2v) is 8.37. The molecule has 108 valence electrons. The van der Waals surface area contributed by atoms with Crippen LogP contribution < -0.4 is 0 Å². The molecule has 0 saturated carbocycles. The van der Waals surface area contributed by atoms with Crippen LogP contribution >= 0.6 is 0 Å². The van der Waals surface area contributed by atoms with Crippen molar-refractivity contribution in [3.8, 4) is 0 Å². The van der Waals surface area contributed by atoms with Crippen LogP contribution in [-0.4, -0.2) is 11.6 Å². The second kappa shape index (κ2) is 5.63. The first-order valence-corrected chi connectivity index (χ1v) is 6.99. The minimum absolute atomic E-state index is 0.0783. The Kier molecular flexibility index (Phi) is 5.46. The summed E-state index contributed by atoms with van der Waals surface area (Å²) in [5, 5.41) is 0. The van der Waals surface area contributed by atoms with E-state index in [1.807, 2.05) is 27.7 Å². The van der Waals surface area contributed by atoms with Crippen molar-refractivity contribution < 1.29 is 9.53 Å². The zero-order valence-electron chi connectivity index (χ0n) is 13.8. The molecular weight excluding hydrogens is 224 g/mol. The Hall–Kier alpha value is -0.530. The predicted molar refractivity (Wildman–Crippen MR) is 77.5 cm³/mol. The van der Waals surface area contributed by atoms with Gasteiger partial charge in [0.15, 0.2) is 0 Å². The predicted octanol–water partition coefficient (Wildman–Crippen LogP) is 4.82. The van der Waals surface area contributed by atoms with Crippen molar-refractivity contribution in [2.45, 2.75) is 80.8 Å². The lowest BCUT2D eigenvalue weighted by Crippen LogP contribution is -2.38. The summed E-state index contributed by atoms with van der Waals surface area (Å²) in [6.45, 7) is 18.7. The van der Waals surface area contributed by atoms with Crippen molar-refractivity contribution in [1.82, 2.24) is 0 Å². The van der Waals surface area contributed by atoms with Crippen molar-refractivity contribution in [2.24, 2.45) is 16.7 Å². The van der Waals surface area contributed by atoms with E-state index in [0.29, 0.717) is 5.92 Å². The molecule has 0 spiro atoms. The SMILES string of the molecule is CC(C)CC(C)(C)C(=O)OC(C)(C)CC(C)(C)C. The molecule has 0 aromatic carbocycles. The van der Waals surface area contributed by atoms with Crippen LogP contribution in [0.5, 0.6) is 0 Å². The van der Waals surface area contributed by atoms with Crippen LogP contribution in [0.2, 0.25) is 0 Å². The van der Waals surface area contributed by atoms with Crippen molar-refractivity contribution in [1.29, 1.82) is 0 Å². The smallest absolute Gasteiger partial charge is 0.312 e. The van der Waals surface area contributed by atoms with E-state index in [1.54, 1.807) is 0 Å². The highest BCUT2D eigenvalue weighted by Crippen LogP contribution is 2.33. The van der Waals surface area contributed by atoms with Gasteiger partial charge in [0.05, 0.1) is 5.41 Å². The lowest BCUT2D eigenvalue weighted by molar-refractivity contribution is -0.170. The topological polar surface area (TPSA) is 26.3 Å². The first kappa shape index (κ1) is 17.5. The molecular formula is C16H32O2. The highest BCUT2D eigenvalue weighted by molar-refractivity contribution is 5.76. The molecule has 0 aliphatic carbocycles. The van der Waals surface area contributed by atoms with E-state index in [2.05, 4.69) is 34.6 Å². The van der Waals surface area contributed by atoms with Gasteiger partial charge >= 0.3 is 5.97 Å². The van der Waals surface area contributed by atoms with Crippen LogP contribution in [0.3, 0.4) is 0 Å². The summed E-state index contributed by atoms with van der Waals surface area (Å²) in [5.74, 6) is 0.420. The van der Waals surface area contributed by atoms with E-state index < -0.39 is 11.0 Å². The van der Waals surface area contributed by atoms with Crippen molar-refractivity contribution in [3.63, 3.8) is 0 Å². The van der Waals surface area contributed by atoms with Gasteiger partial charge in [-0.2, -0.15) is 0 Å². The third kappa shape index (κ3) is 7.03. The first-order chi connectivity index (χ1) is 7.75. The molecule has 2 heteroatoms. The van der Waals surface area contributed by atoms with Crippen LogP contribution in [0.15, 0.2) is 0 Å². The Balaban J connectivity index is 4.64. The zero-order valence-corrected chi connectivity index (χ0v) is 13.8. The average molecular weight is 256 g/mol.